The molecule has 0 aromatic carbocycles. The van der Waals surface area contributed by atoms with E-state index in [1.807, 2.05) is 0 Å². The molecule has 1 N–H and O–H groups in total. The lowest BCUT2D eigenvalue weighted by Gasteiger charge is -2.09. The molecule has 1 amide bonds. The van der Waals surface area contributed by atoms with E-state index in [0.717, 1.165) is 4.68 Å². The first-order chi connectivity index (χ1) is 7.63. The van der Waals surface area contributed by atoms with E-state index < -0.39 is 5.91 Å². The fraction of sp³-hybridized carbons (Fsp3) is 0.222. The molecule has 2 rings (SSSR count). The van der Waals surface area contributed by atoms with Crippen LogP contribution >= 0.6 is 22.9 Å². The van der Waals surface area contributed by atoms with E-state index >= 15 is 0 Å². The van der Waals surface area contributed by atoms with Gasteiger partial charge in [0.25, 0.3) is 11.5 Å². The third-order valence-electron chi connectivity index (χ3n) is 2.02. The molecule has 0 aliphatic carbocycles. The van der Waals surface area contributed by atoms with Gasteiger partial charge < -0.3 is 0 Å². The van der Waals surface area contributed by atoms with Gasteiger partial charge in [-0.15, -0.1) is 22.9 Å². The molecule has 7 heteroatoms. The van der Waals surface area contributed by atoms with E-state index in [1.165, 1.54) is 11.3 Å². The Morgan fingerprint density at radius 3 is 3.12 bits per heavy atom. The van der Waals surface area contributed by atoms with Crippen molar-refractivity contribution in [3.8, 4) is 0 Å². The zero-order chi connectivity index (χ0) is 11.7. The van der Waals surface area contributed by atoms with E-state index in [1.54, 1.807) is 18.4 Å². The number of amides is 1. The standard InChI is InChI=1S/C9H8ClN3O2S/c1-5-11-8-6(2-3-16-8)9(15)13(5)12-7(14)4-10/h2-3H,4H2,1H3,(H,12,14). The van der Waals surface area contributed by atoms with Crippen molar-refractivity contribution < 1.29 is 4.79 Å². The smallest absolute Gasteiger partial charge is 0.272 e. The van der Waals surface area contributed by atoms with Gasteiger partial charge in [0.2, 0.25) is 0 Å². The minimum absolute atomic E-state index is 0.201. The number of aryl methyl sites for hydroxylation is 1. The summed E-state index contributed by atoms with van der Waals surface area (Å²) in [6.07, 6.45) is 0. The van der Waals surface area contributed by atoms with Crippen molar-refractivity contribution in [2.45, 2.75) is 6.92 Å². The molecular formula is C9H8ClN3O2S. The maximum absolute atomic E-state index is 11.9. The molecule has 2 heterocycles. The van der Waals surface area contributed by atoms with Crippen LogP contribution < -0.4 is 11.0 Å². The molecule has 16 heavy (non-hydrogen) atoms. The van der Waals surface area contributed by atoms with Gasteiger partial charge in [-0.2, -0.15) is 0 Å². The highest BCUT2D eigenvalue weighted by Gasteiger charge is 2.10. The summed E-state index contributed by atoms with van der Waals surface area (Å²) in [6.45, 7) is 1.65. The van der Waals surface area contributed by atoms with Gasteiger partial charge in [-0.3, -0.25) is 15.0 Å². The average Bonchev–Trinajstić information content (AvgIpc) is 2.71. The van der Waals surface area contributed by atoms with Crippen LogP contribution in [0.5, 0.6) is 0 Å². The van der Waals surface area contributed by atoms with Crippen LogP contribution in [0.15, 0.2) is 16.2 Å². The van der Waals surface area contributed by atoms with Gasteiger partial charge >= 0.3 is 0 Å². The highest BCUT2D eigenvalue weighted by molar-refractivity contribution is 7.16. The molecule has 0 atom stereocenters. The summed E-state index contributed by atoms with van der Waals surface area (Å²) in [5.41, 5.74) is 2.10. The maximum atomic E-state index is 11.9. The van der Waals surface area contributed by atoms with Gasteiger partial charge in [0.05, 0.1) is 5.39 Å². The number of carbonyl (C=O) groups is 1. The van der Waals surface area contributed by atoms with E-state index in [2.05, 4.69) is 10.4 Å². The Labute approximate surface area is 99.6 Å². The number of aromatic nitrogens is 2. The fourth-order valence-electron chi connectivity index (χ4n) is 1.30. The molecular weight excluding hydrogens is 250 g/mol. The van der Waals surface area contributed by atoms with Gasteiger partial charge in [-0.1, -0.05) is 0 Å². The first kappa shape index (κ1) is 11.1. The van der Waals surface area contributed by atoms with Gasteiger partial charge in [-0.25, -0.2) is 9.66 Å². The number of hydrogen-bond acceptors (Lipinski definition) is 4. The van der Waals surface area contributed by atoms with Crippen LogP contribution in [-0.4, -0.2) is 21.4 Å². The van der Waals surface area contributed by atoms with E-state index in [-0.39, 0.29) is 11.4 Å². The largest absolute Gasteiger partial charge is 0.281 e. The molecule has 2 aromatic rings. The molecule has 0 fully saturated rings. The zero-order valence-corrected chi connectivity index (χ0v) is 9.93. The zero-order valence-electron chi connectivity index (χ0n) is 8.36. The third kappa shape index (κ3) is 1.81. The normalized spacial score (nSPS) is 10.6. The first-order valence-corrected chi connectivity index (χ1v) is 5.87. The lowest BCUT2D eigenvalue weighted by atomic mass is 10.4. The molecule has 0 unspecified atom stereocenters. The molecule has 0 saturated heterocycles. The SMILES string of the molecule is Cc1nc2sccc2c(=O)n1NC(=O)CCl. The third-order valence-corrected chi connectivity index (χ3v) is 3.07. The van der Waals surface area contributed by atoms with Gasteiger partial charge in [-0.05, 0) is 18.4 Å². The van der Waals surface area contributed by atoms with Crippen LogP contribution in [-0.2, 0) is 4.79 Å². The number of alkyl halides is 1. The molecule has 0 spiro atoms. The second kappa shape index (κ2) is 4.23. The van der Waals surface area contributed by atoms with Crippen molar-refractivity contribution in [1.82, 2.24) is 9.66 Å². The van der Waals surface area contributed by atoms with Crippen LogP contribution in [0, 0.1) is 6.92 Å². The van der Waals surface area contributed by atoms with E-state index in [9.17, 15) is 9.59 Å². The van der Waals surface area contributed by atoms with Gasteiger partial charge in [0.15, 0.2) is 0 Å². The summed E-state index contributed by atoms with van der Waals surface area (Å²) in [5, 5.41) is 2.28. The Hall–Kier alpha value is -1.40. The van der Waals surface area contributed by atoms with Crippen molar-refractivity contribution >= 4 is 39.1 Å². The first-order valence-electron chi connectivity index (χ1n) is 4.46. The quantitative estimate of drug-likeness (QED) is 0.819. The van der Waals surface area contributed by atoms with Crippen LogP contribution in [0.2, 0.25) is 0 Å². The highest BCUT2D eigenvalue weighted by atomic mass is 35.5. The summed E-state index contributed by atoms with van der Waals surface area (Å²) in [5.74, 6) is -0.213. The Kier molecular flexibility index (Phi) is 2.93. The van der Waals surface area contributed by atoms with Crippen molar-refractivity contribution in [1.29, 1.82) is 0 Å². The number of halogens is 1. The predicted octanol–water partition coefficient (Wildman–Crippen LogP) is 1.08. The van der Waals surface area contributed by atoms with Crippen molar-refractivity contribution in [3.63, 3.8) is 0 Å². The van der Waals surface area contributed by atoms with Crippen LogP contribution in [0.25, 0.3) is 10.2 Å². The topological polar surface area (TPSA) is 64.0 Å². The van der Waals surface area contributed by atoms with E-state index in [4.69, 9.17) is 11.6 Å². The molecule has 0 bridgehead atoms. The second-order valence-corrected chi connectivity index (χ2v) is 4.27. The van der Waals surface area contributed by atoms with Crippen LogP contribution in [0.3, 0.4) is 0 Å². The Morgan fingerprint density at radius 2 is 2.44 bits per heavy atom. The molecule has 5 nitrogen and oxygen atoms in total. The average molecular weight is 258 g/mol. The number of thiophene rings is 1. The molecule has 0 aliphatic rings. The highest BCUT2D eigenvalue weighted by Crippen LogP contribution is 2.14. The van der Waals surface area contributed by atoms with Crippen molar-refractivity contribution in [2.75, 3.05) is 11.3 Å². The molecule has 84 valence electrons. The minimum atomic E-state index is -0.441. The maximum Gasteiger partial charge on any atom is 0.281 e. The molecule has 0 aliphatic heterocycles. The molecule has 0 radical (unpaired) electrons. The number of carbonyl (C=O) groups excluding carboxylic acids is 1. The second-order valence-electron chi connectivity index (χ2n) is 3.11. The summed E-state index contributed by atoms with van der Waals surface area (Å²) >= 11 is 6.74. The van der Waals surface area contributed by atoms with Crippen molar-refractivity contribution in [3.05, 3.63) is 27.6 Å². The van der Waals surface area contributed by atoms with Crippen molar-refractivity contribution in [2.24, 2.45) is 0 Å². The van der Waals surface area contributed by atoms with E-state index in [0.29, 0.717) is 16.0 Å². The fourth-order valence-corrected chi connectivity index (χ4v) is 2.16. The number of hydrogen-bond donors (Lipinski definition) is 1. The number of nitrogens with one attached hydrogen (secondary N) is 1. The minimum Gasteiger partial charge on any atom is -0.272 e. The number of rotatable bonds is 2. The number of fused-ring (bicyclic) bond motifs is 1. The van der Waals surface area contributed by atoms with Gasteiger partial charge in [0, 0.05) is 0 Å². The summed E-state index contributed by atoms with van der Waals surface area (Å²) in [7, 11) is 0. The van der Waals surface area contributed by atoms with Crippen LogP contribution in [0.4, 0.5) is 0 Å². The molecule has 0 saturated carbocycles. The van der Waals surface area contributed by atoms with Crippen LogP contribution in [0.1, 0.15) is 5.82 Å². The predicted molar refractivity (Wildman–Crippen MR) is 63.7 cm³/mol. The monoisotopic (exact) mass is 257 g/mol. The molecule has 2 aromatic heterocycles. The summed E-state index contributed by atoms with van der Waals surface area (Å²) in [6, 6.07) is 1.68. The summed E-state index contributed by atoms with van der Waals surface area (Å²) in [4.78, 5) is 27.9. The Morgan fingerprint density at radius 1 is 1.69 bits per heavy atom. The lowest BCUT2D eigenvalue weighted by Crippen LogP contribution is -2.35. The summed E-state index contributed by atoms with van der Waals surface area (Å²) < 4.78 is 1.11. The Bertz CT molecular complexity index is 604. The number of nitrogens with zero attached hydrogens (tertiary/aromatic N) is 2. The lowest BCUT2D eigenvalue weighted by molar-refractivity contribution is -0.114. The Balaban J connectivity index is 2.60. The van der Waals surface area contributed by atoms with Gasteiger partial charge in [0.1, 0.15) is 16.5 Å².